The summed E-state index contributed by atoms with van der Waals surface area (Å²) in [7, 11) is -4.30. The summed E-state index contributed by atoms with van der Waals surface area (Å²) in [6, 6.07) is 0.907. The van der Waals surface area contributed by atoms with Crippen molar-refractivity contribution in [1.82, 2.24) is 0 Å². The zero-order valence-corrected chi connectivity index (χ0v) is 49.7. The van der Waals surface area contributed by atoms with Crippen LogP contribution in [-0.4, -0.2) is 138 Å². The molecular formula is C42H74Br4O13S2Si2. The molecule has 0 amide bonds. The first-order chi connectivity index (χ1) is 28.9. The highest BCUT2D eigenvalue weighted by Gasteiger charge is 2.49. The predicted octanol–water partition coefficient (Wildman–Crippen LogP) is 10.1. The van der Waals surface area contributed by atoms with Gasteiger partial charge in [-0.1, -0.05) is 111 Å². The second-order valence-electron chi connectivity index (χ2n) is 18.2. The van der Waals surface area contributed by atoms with Crippen LogP contribution >= 0.6 is 87.2 Å². The molecule has 0 N–H and O–H groups in total. The zero-order chi connectivity index (χ0) is 48.9. The number of rotatable bonds is 32. The number of carbonyl (C=O) groups is 6. The maximum atomic E-state index is 12.9. The van der Waals surface area contributed by atoms with Crippen LogP contribution in [0, 0.1) is 11.8 Å². The fourth-order valence-electron chi connectivity index (χ4n) is 5.39. The van der Waals surface area contributed by atoms with Gasteiger partial charge in [0.25, 0.3) is 0 Å². The van der Waals surface area contributed by atoms with Gasteiger partial charge in [0.05, 0.1) is 33.1 Å². The van der Waals surface area contributed by atoms with Gasteiger partial charge in [0.15, 0.2) is 8.32 Å². The van der Waals surface area contributed by atoms with Crippen LogP contribution < -0.4 is 0 Å². The van der Waals surface area contributed by atoms with Gasteiger partial charge in [0.2, 0.25) is 0 Å². The smallest absolute Gasteiger partial charge is 0.319 e. The van der Waals surface area contributed by atoms with Crippen molar-refractivity contribution < 1.29 is 61.6 Å². The number of carbonyl (C=O) groups excluding carboxylic acids is 6. The fourth-order valence-corrected chi connectivity index (χ4v) is 13.8. The Morgan fingerprint density at radius 2 is 0.889 bits per heavy atom. The van der Waals surface area contributed by atoms with Gasteiger partial charge in [-0.15, -0.1) is 0 Å². The summed E-state index contributed by atoms with van der Waals surface area (Å²) in [5.41, 5.74) is 0. The topological polar surface area (TPSA) is 167 Å². The van der Waals surface area contributed by atoms with Crippen molar-refractivity contribution >= 4 is 139 Å². The predicted molar refractivity (Wildman–Crippen MR) is 273 cm³/mol. The van der Waals surface area contributed by atoms with Crippen molar-refractivity contribution in [1.29, 1.82) is 0 Å². The van der Waals surface area contributed by atoms with Gasteiger partial charge >= 0.3 is 35.8 Å². The molecule has 0 heterocycles. The molecule has 0 saturated heterocycles. The minimum absolute atomic E-state index is 0.0781. The van der Waals surface area contributed by atoms with Crippen molar-refractivity contribution in [2.24, 2.45) is 11.8 Å². The van der Waals surface area contributed by atoms with Gasteiger partial charge in [0, 0.05) is 28.2 Å². The SMILES string of the molecule is CC(Br)C(=O)OCC(CSCC(C)C(=O)OCCCC(C)(C)[Si](C)(C)OC(C)(C)[Si](C)(C)CCCOC(=O)C(C)CSCC(COC(=O)C(C)Br)OC(=O)C(C)Br)OC(=O)C(C)Br. The number of hydrogen-bond donors (Lipinski definition) is 0. The Bertz CT molecular complexity index is 1350. The molecule has 0 fully saturated rings. The normalized spacial score (nSPS) is 16.3. The summed E-state index contributed by atoms with van der Waals surface area (Å²) in [6.07, 6.45) is 0.931. The molecule has 13 nitrogen and oxygen atoms in total. The van der Waals surface area contributed by atoms with Crippen molar-refractivity contribution in [3.8, 4) is 0 Å². The average molecular weight is 1230 g/mol. The number of esters is 6. The molecule has 0 aliphatic rings. The number of alkyl halides is 4. The van der Waals surface area contributed by atoms with E-state index >= 15 is 0 Å². The minimum Gasteiger partial charge on any atom is -0.465 e. The molecule has 0 aliphatic heterocycles. The first-order valence-corrected chi connectivity index (χ1v) is 33.5. The van der Waals surface area contributed by atoms with Gasteiger partial charge < -0.3 is 32.8 Å². The highest BCUT2D eigenvalue weighted by Crippen LogP contribution is 2.46. The summed E-state index contributed by atoms with van der Waals surface area (Å²) in [4.78, 5) is 72.0. The van der Waals surface area contributed by atoms with E-state index in [0.29, 0.717) is 42.6 Å². The summed E-state index contributed by atoms with van der Waals surface area (Å²) in [5, 5.41) is -0.467. The molecule has 8 atom stereocenters. The second-order valence-corrected chi connectivity index (χ2v) is 35.8. The summed E-state index contributed by atoms with van der Waals surface area (Å²) < 4.78 is 40.0. The molecule has 0 aromatic heterocycles. The van der Waals surface area contributed by atoms with Gasteiger partial charge in [-0.05, 0) is 78.9 Å². The molecule has 0 bridgehead atoms. The molecule has 0 spiro atoms. The van der Waals surface area contributed by atoms with E-state index in [2.05, 4.69) is 118 Å². The molecule has 21 heteroatoms. The minimum atomic E-state index is -2.30. The Hall–Kier alpha value is -0.166. The monoisotopic (exact) mass is 1220 g/mol. The quantitative estimate of drug-likeness (QED) is 0.0205. The maximum Gasteiger partial charge on any atom is 0.319 e. The maximum absolute atomic E-state index is 12.9. The lowest BCUT2D eigenvalue weighted by Gasteiger charge is -2.50. The lowest BCUT2D eigenvalue weighted by Crippen LogP contribution is -2.59. The van der Waals surface area contributed by atoms with E-state index in [9.17, 15) is 28.8 Å². The van der Waals surface area contributed by atoms with E-state index in [1.54, 1.807) is 41.5 Å². The third-order valence-electron chi connectivity index (χ3n) is 11.0. The van der Waals surface area contributed by atoms with E-state index in [1.807, 2.05) is 0 Å². The van der Waals surface area contributed by atoms with Crippen LogP contribution in [0.1, 0.15) is 88.5 Å². The average Bonchev–Trinajstić information content (AvgIpc) is 3.17. The first kappa shape index (κ1) is 62.8. The molecule has 0 aromatic carbocycles. The standard InChI is InChI=1S/C42H74Br4O13S2Si2/c1-27(23-60-25-33(57-39(51)31(5)45)21-55-37(49)29(3)43)35(47)53-18-15-17-41(7,8)63(13,14)59-42(9,10)62(11,12)20-16-19-54-36(48)28(2)24-61-26-34(58-40(52)32(6)46)22-56-38(50)30(4)44/h27-34H,15-26H2,1-14H3. The summed E-state index contributed by atoms with van der Waals surface area (Å²) >= 11 is 15.6. The molecule has 0 aromatic rings. The van der Waals surface area contributed by atoms with Crippen LogP contribution in [0.25, 0.3) is 0 Å². The molecule has 0 rings (SSSR count). The lowest BCUT2D eigenvalue weighted by molar-refractivity contribution is -0.156. The van der Waals surface area contributed by atoms with Gasteiger partial charge in [-0.3, -0.25) is 28.8 Å². The van der Waals surface area contributed by atoms with Crippen molar-refractivity contribution in [2.45, 2.75) is 163 Å². The molecule has 8 unspecified atom stereocenters. The van der Waals surface area contributed by atoms with Crippen molar-refractivity contribution in [2.75, 3.05) is 49.4 Å². The Balaban J connectivity index is 4.95. The highest BCUT2D eigenvalue weighted by molar-refractivity contribution is 9.10. The summed E-state index contributed by atoms with van der Waals surface area (Å²) in [6.45, 7) is 28.6. The number of halogens is 4. The third kappa shape index (κ3) is 25.1. The number of hydrogen-bond acceptors (Lipinski definition) is 15. The van der Waals surface area contributed by atoms with Gasteiger partial charge in [-0.25, -0.2) is 0 Å². The van der Waals surface area contributed by atoms with E-state index < -0.39 is 71.8 Å². The Kier molecular flexibility index (Phi) is 30.3. The Morgan fingerprint density at radius 3 is 1.25 bits per heavy atom. The van der Waals surface area contributed by atoms with Gasteiger partial charge in [-0.2, -0.15) is 23.5 Å². The van der Waals surface area contributed by atoms with E-state index in [1.165, 1.54) is 23.5 Å². The van der Waals surface area contributed by atoms with E-state index in [-0.39, 0.29) is 47.3 Å². The number of thioether (sulfide) groups is 2. The van der Waals surface area contributed by atoms with Crippen LogP contribution in [0.5, 0.6) is 0 Å². The molecule has 63 heavy (non-hydrogen) atoms. The molecular weight excluding hydrogens is 1150 g/mol. The molecule has 368 valence electrons. The van der Waals surface area contributed by atoms with E-state index in [0.717, 1.165) is 18.9 Å². The molecule has 0 radical (unpaired) electrons. The van der Waals surface area contributed by atoms with Crippen LogP contribution in [0.2, 0.25) is 37.3 Å². The van der Waals surface area contributed by atoms with Crippen LogP contribution in [-0.2, 0) is 61.6 Å². The zero-order valence-electron chi connectivity index (χ0n) is 39.7. The van der Waals surface area contributed by atoms with Crippen LogP contribution in [0.15, 0.2) is 0 Å². The fraction of sp³-hybridized carbons (Fsp3) is 0.857. The lowest BCUT2D eigenvalue weighted by atomic mass is 10.1. The Labute approximate surface area is 421 Å². The highest BCUT2D eigenvalue weighted by atomic mass is 79.9. The van der Waals surface area contributed by atoms with Crippen molar-refractivity contribution in [3.05, 3.63) is 0 Å². The van der Waals surface area contributed by atoms with Gasteiger partial charge in [0.1, 0.15) is 44.7 Å². The van der Waals surface area contributed by atoms with Crippen molar-refractivity contribution in [3.63, 3.8) is 0 Å². The first-order valence-electron chi connectivity index (χ1n) is 21.4. The largest absolute Gasteiger partial charge is 0.465 e. The number of ether oxygens (including phenoxy) is 6. The van der Waals surface area contributed by atoms with Crippen LogP contribution in [0.3, 0.4) is 0 Å². The second kappa shape index (κ2) is 30.3. The van der Waals surface area contributed by atoms with E-state index in [4.69, 9.17) is 32.8 Å². The Morgan fingerprint density at radius 1 is 0.524 bits per heavy atom. The third-order valence-corrected chi connectivity index (χ3v) is 24.9. The molecule has 0 saturated carbocycles. The summed E-state index contributed by atoms with van der Waals surface area (Å²) in [5.74, 6) is -1.55. The molecule has 0 aliphatic carbocycles. The van der Waals surface area contributed by atoms with Crippen LogP contribution in [0.4, 0.5) is 0 Å².